The van der Waals surface area contributed by atoms with Crippen LogP contribution in [0.3, 0.4) is 0 Å². The maximum atomic E-state index is 5.85. The van der Waals surface area contributed by atoms with E-state index in [0.29, 0.717) is 0 Å². The van der Waals surface area contributed by atoms with E-state index in [0.717, 1.165) is 62.2 Å². The topological polar surface area (TPSA) is 85.5 Å². The summed E-state index contributed by atoms with van der Waals surface area (Å²) in [5, 5.41) is 3.33. The second kappa shape index (κ2) is 7.94. The van der Waals surface area contributed by atoms with Gasteiger partial charge in [-0.1, -0.05) is 0 Å². The fraction of sp³-hybridized carbons (Fsp3) is 0.412. The molecule has 3 rings (SSSR count). The average Bonchev–Trinajstić information content (AvgIpc) is 2.62. The molecule has 1 aliphatic heterocycles. The number of morpholine rings is 1. The van der Waals surface area contributed by atoms with Crippen LogP contribution in [-0.2, 0) is 4.74 Å². The fourth-order valence-electron chi connectivity index (χ4n) is 2.63. The van der Waals surface area contributed by atoms with Crippen LogP contribution in [0.5, 0.6) is 5.75 Å². The van der Waals surface area contributed by atoms with E-state index in [1.165, 1.54) is 0 Å². The Hall–Kier alpha value is -2.38. The SMILES string of the molecule is COc1ccc(-c2cc(NCCN3CCOCC3)nc(N)n2)cc1. The van der Waals surface area contributed by atoms with Crippen molar-refractivity contribution in [1.82, 2.24) is 14.9 Å². The zero-order chi connectivity index (χ0) is 16.8. The van der Waals surface area contributed by atoms with Crippen molar-refractivity contribution < 1.29 is 9.47 Å². The number of nitrogen functional groups attached to an aromatic ring is 1. The lowest BCUT2D eigenvalue weighted by atomic mass is 10.1. The molecule has 7 nitrogen and oxygen atoms in total. The molecule has 0 unspecified atom stereocenters. The van der Waals surface area contributed by atoms with Gasteiger partial charge in [-0.25, -0.2) is 4.98 Å². The summed E-state index contributed by atoms with van der Waals surface area (Å²) in [6.45, 7) is 5.32. The largest absolute Gasteiger partial charge is 0.497 e. The predicted molar refractivity (Wildman–Crippen MR) is 94.2 cm³/mol. The molecule has 0 saturated carbocycles. The zero-order valence-electron chi connectivity index (χ0n) is 13.9. The Balaban J connectivity index is 1.64. The van der Waals surface area contributed by atoms with Crippen molar-refractivity contribution in [2.24, 2.45) is 0 Å². The molecule has 2 heterocycles. The second-order valence-corrected chi connectivity index (χ2v) is 5.61. The van der Waals surface area contributed by atoms with Crippen molar-refractivity contribution in [3.63, 3.8) is 0 Å². The van der Waals surface area contributed by atoms with Gasteiger partial charge in [0.2, 0.25) is 5.95 Å². The van der Waals surface area contributed by atoms with E-state index < -0.39 is 0 Å². The summed E-state index contributed by atoms with van der Waals surface area (Å²) in [5.41, 5.74) is 7.62. The molecule has 1 aromatic carbocycles. The minimum absolute atomic E-state index is 0.261. The summed E-state index contributed by atoms with van der Waals surface area (Å²) < 4.78 is 10.5. The van der Waals surface area contributed by atoms with Gasteiger partial charge in [0.15, 0.2) is 0 Å². The quantitative estimate of drug-likeness (QED) is 0.830. The van der Waals surface area contributed by atoms with E-state index in [-0.39, 0.29) is 5.95 Å². The lowest BCUT2D eigenvalue weighted by molar-refractivity contribution is 0.0398. The van der Waals surface area contributed by atoms with Crippen LogP contribution in [0.4, 0.5) is 11.8 Å². The number of benzene rings is 1. The maximum Gasteiger partial charge on any atom is 0.222 e. The molecule has 0 aliphatic carbocycles. The van der Waals surface area contributed by atoms with Gasteiger partial charge in [0.05, 0.1) is 26.0 Å². The smallest absolute Gasteiger partial charge is 0.222 e. The number of anilines is 2. The Bertz CT molecular complexity index is 657. The predicted octanol–water partition coefficient (Wildman–Crippen LogP) is 1.48. The highest BCUT2D eigenvalue weighted by Crippen LogP contribution is 2.23. The molecular weight excluding hydrogens is 306 g/mol. The monoisotopic (exact) mass is 329 g/mol. The third-order valence-electron chi connectivity index (χ3n) is 3.97. The number of hydrogen-bond acceptors (Lipinski definition) is 7. The minimum Gasteiger partial charge on any atom is -0.497 e. The number of nitrogens with two attached hydrogens (primary N) is 1. The second-order valence-electron chi connectivity index (χ2n) is 5.61. The van der Waals surface area contributed by atoms with Crippen LogP contribution in [0.15, 0.2) is 30.3 Å². The maximum absolute atomic E-state index is 5.85. The number of rotatable bonds is 6. The number of nitrogens with one attached hydrogen (secondary N) is 1. The molecule has 0 atom stereocenters. The molecule has 0 amide bonds. The van der Waals surface area contributed by atoms with Crippen LogP contribution in [-0.4, -0.2) is 61.4 Å². The number of ether oxygens (including phenoxy) is 2. The van der Waals surface area contributed by atoms with Crippen LogP contribution in [0.2, 0.25) is 0 Å². The highest BCUT2D eigenvalue weighted by atomic mass is 16.5. The summed E-state index contributed by atoms with van der Waals surface area (Å²) in [6.07, 6.45) is 0. The summed E-state index contributed by atoms with van der Waals surface area (Å²) in [5.74, 6) is 1.81. The van der Waals surface area contributed by atoms with Gasteiger partial charge in [0, 0.05) is 37.8 Å². The molecule has 1 aliphatic rings. The molecule has 1 fully saturated rings. The van der Waals surface area contributed by atoms with Crippen LogP contribution in [0.25, 0.3) is 11.3 Å². The Morgan fingerprint density at radius 1 is 1.21 bits per heavy atom. The molecule has 1 saturated heterocycles. The summed E-state index contributed by atoms with van der Waals surface area (Å²) >= 11 is 0. The molecule has 0 spiro atoms. The van der Waals surface area contributed by atoms with Gasteiger partial charge in [-0.2, -0.15) is 4.98 Å². The Morgan fingerprint density at radius 3 is 2.67 bits per heavy atom. The highest BCUT2D eigenvalue weighted by molar-refractivity contribution is 5.64. The van der Waals surface area contributed by atoms with Gasteiger partial charge in [-0.3, -0.25) is 4.90 Å². The molecule has 128 valence electrons. The van der Waals surface area contributed by atoms with Crippen molar-refractivity contribution in [3.8, 4) is 17.0 Å². The van der Waals surface area contributed by atoms with Crippen molar-refractivity contribution in [3.05, 3.63) is 30.3 Å². The summed E-state index contributed by atoms with van der Waals surface area (Å²) in [4.78, 5) is 10.9. The van der Waals surface area contributed by atoms with Gasteiger partial charge in [-0.15, -0.1) is 0 Å². The van der Waals surface area contributed by atoms with Crippen LogP contribution >= 0.6 is 0 Å². The Kier molecular flexibility index (Phi) is 5.45. The van der Waals surface area contributed by atoms with Crippen molar-refractivity contribution in [1.29, 1.82) is 0 Å². The molecule has 0 bridgehead atoms. The van der Waals surface area contributed by atoms with Crippen LogP contribution in [0, 0.1) is 0 Å². The van der Waals surface area contributed by atoms with E-state index in [1.54, 1.807) is 7.11 Å². The first-order valence-corrected chi connectivity index (χ1v) is 8.07. The normalized spacial score (nSPS) is 15.2. The number of methoxy groups -OCH3 is 1. The standard InChI is InChI=1S/C17H23N5O2/c1-23-14-4-2-13(3-5-14)15-12-16(21-17(18)20-15)19-6-7-22-8-10-24-11-9-22/h2-5,12H,6-11H2,1H3,(H3,18,19,20,21). The average molecular weight is 329 g/mol. The summed E-state index contributed by atoms with van der Waals surface area (Å²) in [6, 6.07) is 9.63. The van der Waals surface area contributed by atoms with E-state index >= 15 is 0 Å². The first-order chi connectivity index (χ1) is 11.7. The third-order valence-corrected chi connectivity index (χ3v) is 3.97. The van der Waals surface area contributed by atoms with E-state index in [1.807, 2.05) is 30.3 Å². The van der Waals surface area contributed by atoms with Gasteiger partial charge >= 0.3 is 0 Å². The van der Waals surface area contributed by atoms with Crippen molar-refractivity contribution >= 4 is 11.8 Å². The molecule has 3 N–H and O–H groups in total. The fourth-order valence-corrected chi connectivity index (χ4v) is 2.63. The lowest BCUT2D eigenvalue weighted by Crippen LogP contribution is -2.39. The van der Waals surface area contributed by atoms with Crippen LogP contribution in [0.1, 0.15) is 0 Å². The molecule has 2 aromatic rings. The van der Waals surface area contributed by atoms with Crippen molar-refractivity contribution in [2.45, 2.75) is 0 Å². The van der Waals surface area contributed by atoms with E-state index in [2.05, 4.69) is 20.2 Å². The highest BCUT2D eigenvalue weighted by Gasteiger charge is 2.10. The number of hydrogen-bond donors (Lipinski definition) is 2. The van der Waals surface area contributed by atoms with Gasteiger partial charge in [-0.05, 0) is 24.3 Å². The summed E-state index contributed by atoms with van der Waals surface area (Å²) in [7, 11) is 1.65. The third kappa shape index (κ3) is 4.33. The van der Waals surface area contributed by atoms with Gasteiger partial charge < -0.3 is 20.5 Å². The molecule has 0 radical (unpaired) electrons. The first-order valence-electron chi connectivity index (χ1n) is 8.07. The Labute approximate surface area is 141 Å². The van der Waals surface area contributed by atoms with E-state index in [4.69, 9.17) is 15.2 Å². The van der Waals surface area contributed by atoms with Gasteiger partial charge in [0.25, 0.3) is 0 Å². The van der Waals surface area contributed by atoms with E-state index in [9.17, 15) is 0 Å². The molecule has 24 heavy (non-hydrogen) atoms. The number of aromatic nitrogens is 2. The van der Waals surface area contributed by atoms with Crippen LogP contribution < -0.4 is 15.8 Å². The van der Waals surface area contributed by atoms with Crippen molar-refractivity contribution in [2.75, 3.05) is 57.6 Å². The minimum atomic E-state index is 0.261. The lowest BCUT2D eigenvalue weighted by Gasteiger charge is -2.26. The molecule has 7 heteroatoms. The zero-order valence-corrected chi connectivity index (χ0v) is 13.9. The number of nitrogens with zero attached hydrogens (tertiary/aromatic N) is 3. The van der Waals surface area contributed by atoms with Gasteiger partial charge in [0.1, 0.15) is 11.6 Å². The first kappa shape index (κ1) is 16.5. The Morgan fingerprint density at radius 2 is 1.96 bits per heavy atom. The molecular formula is C17H23N5O2. The molecule has 1 aromatic heterocycles.